The van der Waals surface area contributed by atoms with Crippen molar-refractivity contribution in [2.24, 2.45) is 0 Å². The summed E-state index contributed by atoms with van der Waals surface area (Å²) in [6.07, 6.45) is -3.83. The molecule has 0 radical (unpaired) electrons. The highest BCUT2D eigenvalue weighted by Gasteiger charge is 2.31. The number of hydrogen-bond acceptors (Lipinski definition) is 4. The Morgan fingerprint density at radius 3 is 2.71 bits per heavy atom. The van der Waals surface area contributed by atoms with E-state index >= 15 is 0 Å². The van der Waals surface area contributed by atoms with Gasteiger partial charge in [0.05, 0.1) is 5.56 Å². The van der Waals surface area contributed by atoms with Gasteiger partial charge in [0.1, 0.15) is 6.54 Å². The van der Waals surface area contributed by atoms with E-state index in [0.717, 1.165) is 16.7 Å². The summed E-state index contributed by atoms with van der Waals surface area (Å²) < 4.78 is 44.0. The van der Waals surface area contributed by atoms with Crippen molar-refractivity contribution in [3.63, 3.8) is 0 Å². The highest BCUT2D eigenvalue weighted by Crippen LogP contribution is 2.28. The summed E-state index contributed by atoms with van der Waals surface area (Å²) in [4.78, 5) is 15.8. The SMILES string of the molecule is O=c1ccc(C(F)(F)F)cn1Cc1nc(-c2cccc(Cl)c2)no1. The standard InChI is InChI=1S/C15H9ClF3N3O2/c16-11-3-1-2-9(6-11)14-20-12(24-21-14)8-22-7-10(15(17,18)19)4-5-13(22)23/h1-7H,8H2. The molecule has 24 heavy (non-hydrogen) atoms. The molecular formula is C15H9ClF3N3O2. The van der Waals surface area contributed by atoms with Gasteiger partial charge in [-0.2, -0.15) is 18.2 Å². The Labute approximate surface area is 138 Å². The van der Waals surface area contributed by atoms with E-state index in [0.29, 0.717) is 16.8 Å². The van der Waals surface area contributed by atoms with Crippen LogP contribution in [0, 0.1) is 0 Å². The predicted octanol–water partition coefficient (Wildman–Crippen LogP) is 3.62. The van der Waals surface area contributed by atoms with Crippen molar-refractivity contribution in [3.05, 3.63) is 69.4 Å². The molecule has 0 N–H and O–H groups in total. The van der Waals surface area contributed by atoms with Gasteiger partial charge in [0.25, 0.3) is 5.56 Å². The largest absolute Gasteiger partial charge is 0.417 e. The van der Waals surface area contributed by atoms with Gasteiger partial charge in [-0.05, 0) is 18.2 Å². The van der Waals surface area contributed by atoms with Crippen LogP contribution in [-0.2, 0) is 12.7 Å². The van der Waals surface area contributed by atoms with Crippen LogP contribution in [-0.4, -0.2) is 14.7 Å². The van der Waals surface area contributed by atoms with Crippen LogP contribution in [0.15, 0.2) is 51.9 Å². The summed E-state index contributed by atoms with van der Waals surface area (Å²) in [5.41, 5.74) is -0.948. The highest BCUT2D eigenvalue weighted by molar-refractivity contribution is 6.30. The van der Waals surface area contributed by atoms with Crippen molar-refractivity contribution in [1.82, 2.24) is 14.7 Å². The Kier molecular flexibility index (Phi) is 4.15. The zero-order valence-corrected chi connectivity index (χ0v) is 12.7. The van der Waals surface area contributed by atoms with Crippen LogP contribution in [0.25, 0.3) is 11.4 Å². The third kappa shape index (κ3) is 3.48. The minimum absolute atomic E-state index is 0.00593. The van der Waals surface area contributed by atoms with Crippen molar-refractivity contribution in [2.75, 3.05) is 0 Å². The molecule has 0 aliphatic heterocycles. The monoisotopic (exact) mass is 355 g/mol. The van der Waals surface area contributed by atoms with Gasteiger partial charge in [-0.15, -0.1) is 0 Å². The van der Waals surface area contributed by atoms with Crippen LogP contribution < -0.4 is 5.56 Å². The van der Waals surface area contributed by atoms with E-state index in [1.807, 2.05) is 0 Å². The van der Waals surface area contributed by atoms with E-state index in [4.69, 9.17) is 16.1 Å². The molecule has 124 valence electrons. The number of alkyl halides is 3. The van der Waals surface area contributed by atoms with Crippen molar-refractivity contribution in [1.29, 1.82) is 0 Å². The molecular weight excluding hydrogens is 347 g/mol. The zero-order chi connectivity index (χ0) is 17.3. The lowest BCUT2D eigenvalue weighted by atomic mass is 10.2. The molecule has 2 aromatic heterocycles. The van der Waals surface area contributed by atoms with Gasteiger partial charge in [0.15, 0.2) is 0 Å². The third-order valence-corrected chi connectivity index (χ3v) is 3.40. The molecule has 3 aromatic rings. The van der Waals surface area contributed by atoms with Crippen molar-refractivity contribution >= 4 is 11.6 Å². The Hall–Kier alpha value is -2.61. The quantitative estimate of drug-likeness (QED) is 0.720. The number of halogens is 4. The molecule has 2 heterocycles. The number of nitrogens with zero attached hydrogens (tertiary/aromatic N) is 3. The molecule has 0 fully saturated rings. The van der Waals surface area contributed by atoms with E-state index in [-0.39, 0.29) is 18.3 Å². The average molecular weight is 356 g/mol. The topological polar surface area (TPSA) is 60.9 Å². The zero-order valence-electron chi connectivity index (χ0n) is 11.9. The minimum atomic E-state index is -4.55. The normalized spacial score (nSPS) is 11.7. The van der Waals surface area contributed by atoms with E-state index in [1.165, 1.54) is 0 Å². The fourth-order valence-corrected chi connectivity index (χ4v) is 2.22. The lowest BCUT2D eigenvalue weighted by molar-refractivity contribution is -0.138. The van der Waals surface area contributed by atoms with Gasteiger partial charge in [-0.3, -0.25) is 4.79 Å². The first kappa shape index (κ1) is 16.3. The Morgan fingerprint density at radius 1 is 1.21 bits per heavy atom. The Bertz CT molecular complexity index is 934. The number of pyridine rings is 1. The number of aromatic nitrogens is 3. The molecule has 3 rings (SSSR count). The molecule has 0 saturated carbocycles. The summed E-state index contributed by atoms with van der Waals surface area (Å²) in [5.74, 6) is 0.235. The van der Waals surface area contributed by atoms with Crippen LogP contribution in [0.5, 0.6) is 0 Å². The molecule has 0 spiro atoms. The van der Waals surface area contributed by atoms with Crippen molar-refractivity contribution in [3.8, 4) is 11.4 Å². The first-order chi connectivity index (χ1) is 11.3. The Morgan fingerprint density at radius 2 is 2.00 bits per heavy atom. The second-order valence-electron chi connectivity index (χ2n) is 4.90. The molecule has 0 aliphatic rings. The van der Waals surface area contributed by atoms with E-state index in [9.17, 15) is 18.0 Å². The number of hydrogen-bond donors (Lipinski definition) is 0. The van der Waals surface area contributed by atoms with Crippen LogP contribution in [0.1, 0.15) is 11.5 Å². The van der Waals surface area contributed by atoms with E-state index in [2.05, 4.69) is 10.1 Å². The fraction of sp³-hybridized carbons (Fsp3) is 0.133. The van der Waals surface area contributed by atoms with Gasteiger partial charge in [0, 0.05) is 22.8 Å². The molecule has 5 nitrogen and oxygen atoms in total. The summed E-state index contributed by atoms with van der Waals surface area (Å²) in [6.45, 7) is -0.268. The van der Waals surface area contributed by atoms with Crippen molar-refractivity contribution in [2.45, 2.75) is 12.7 Å². The van der Waals surface area contributed by atoms with Crippen LogP contribution in [0.3, 0.4) is 0 Å². The number of rotatable bonds is 3. The van der Waals surface area contributed by atoms with E-state index < -0.39 is 17.3 Å². The summed E-state index contributed by atoms with van der Waals surface area (Å²) in [6, 6.07) is 8.27. The number of benzene rings is 1. The van der Waals surface area contributed by atoms with Crippen molar-refractivity contribution < 1.29 is 17.7 Å². The average Bonchev–Trinajstić information content (AvgIpc) is 2.97. The van der Waals surface area contributed by atoms with Gasteiger partial charge in [-0.25, -0.2) is 0 Å². The summed E-state index contributed by atoms with van der Waals surface area (Å²) in [7, 11) is 0. The molecule has 1 aromatic carbocycles. The molecule has 0 saturated heterocycles. The molecule has 0 unspecified atom stereocenters. The fourth-order valence-electron chi connectivity index (χ4n) is 2.03. The minimum Gasteiger partial charge on any atom is -0.337 e. The smallest absolute Gasteiger partial charge is 0.337 e. The first-order valence-corrected chi connectivity index (χ1v) is 7.07. The van der Waals surface area contributed by atoms with E-state index in [1.54, 1.807) is 24.3 Å². The van der Waals surface area contributed by atoms with Crippen LogP contribution in [0.2, 0.25) is 5.02 Å². The maximum absolute atomic E-state index is 12.7. The van der Waals surface area contributed by atoms with Gasteiger partial charge in [0.2, 0.25) is 11.7 Å². The molecule has 0 amide bonds. The third-order valence-electron chi connectivity index (χ3n) is 3.17. The maximum Gasteiger partial charge on any atom is 0.417 e. The molecule has 0 aliphatic carbocycles. The molecule has 0 bridgehead atoms. The predicted molar refractivity (Wildman–Crippen MR) is 79.6 cm³/mol. The molecule has 0 atom stereocenters. The second kappa shape index (κ2) is 6.12. The van der Waals surface area contributed by atoms with Crippen LogP contribution in [0.4, 0.5) is 13.2 Å². The highest BCUT2D eigenvalue weighted by atomic mass is 35.5. The lowest BCUT2D eigenvalue weighted by Crippen LogP contribution is -2.22. The lowest BCUT2D eigenvalue weighted by Gasteiger charge is -2.08. The Balaban J connectivity index is 1.89. The first-order valence-electron chi connectivity index (χ1n) is 6.69. The van der Waals surface area contributed by atoms with Gasteiger partial charge >= 0.3 is 6.18 Å². The van der Waals surface area contributed by atoms with Gasteiger partial charge in [-0.1, -0.05) is 28.9 Å². The summed E-state index contributed by atoms with van der Waals surface area (Å²) in [5, 5.41) is 4.22. The molecule has 9 heteroatoms. The second-order valence-corrected chi connectivity index (χ2v) is 5.34. The van der Waals surface area contributed by atoms with Gasteiger partial charge < -0.3 is 9.09 Å². The summed E-state index contributed by atoms with van der Waals surface area (Å²) >= 11 is 5.87. The maximum atomic E-state index is 12.7. The van der Waals surface area contributed by atoms with Crippen LogP contribution >= 0.6 is 11.6 Å².